The minimum absolute atomic E-state index is 0.0137. The summed E-state index contributed by atoms with van der Waals surface area (Å²) < 4.78 is 0. The molecular weight excluding hydrogens is 272 g/mol. The van der Waals surface area contributed by atoms with Gasteiger partial charge in [-0.3, -0.25) is 14.9 Å². The number of nitro groups is 1. The number of benzene rings is 1. The van der Waals surface area contributed by atoms with Gasteiger partial charge in [-0.25, -0.2) is 4.79 Å². The number of amides is 1. The highest BCUT2D eigenvalue weighted by molar-refractivity contribution is 7.99. The second-order valence-corrected chi connectivity index (χ2v) is 4.69. The number of rotatable bonds is 6. The average Bonchev–Trinajstić information content (AvgIpc) is 2.34. The van der Waals surface area contributed by atoms with Crippen molar-refractivity contribution in [2.24, 2.45) is 0 Å². The van der Waals surface area contributed by atoms with E-state index in [4.69, 9.17) is 5.11 Å². The summed E-state index contributed by atoms with van der Waals surface area (Å²) in [4.78, 5) is 32.4. The molecule has 0 bridgehead atoms. The van der Waals surface area contributed by atoms with Crippen LogP contribution < -0.4 is 5.32 Å². The van der Waals surface area contributed by atoms with Crippen LogP contribution in [0.2, 0.25) is 0 Å². The average molecular weight is 284 g/mol. The van der Waals surface area contributed by atoms with Gasteiger partial charge < -0.3 is 10.4 Å². The van der Waals surface area contributed by atoms with E-state index in [0.29, 0.717) is 4.90 Å². The molecule has 0 aliphatic carbocycles. The van der Waals surface area contributed by atoms with Gasteiger partial charge in [-0.1, -0.05) is 12.1 Å². The molecule has 0 unspecified atom stereocenters. The molecule has 7 nitrogen and oxygen atoms in total. The summed E-state index contributed by atoms with van der Waals surface area (Å²) in [5.74, 6) is -1.63. The zero-order chi connectivity index (χ0) is 14.4. The molecule has 0 radical (unpaired) electrons. The van der Waals surface area contributed by atoms with Gasteiger partial charge in [0, 0.05) is 18.7 Å². The van der Waals surface area contributed by atoms with Crippen molar-refractivity contribution >= 4 is 29.3 Å². The Labute approximate surface area is 113 Å². The van der Waals surface area contributed by atoms with Gasteiger partial charge in [-0.2, -0.15) is 0 Å². The van der Waals surface area contributed by atoms with Crippen LogP contribution in [0.5, 0.6) is 0 Å². The fraction of sp³-hybridized carbons (Fsp3) is 0.273. The number of aliphatic carboxylic acids is 1. The number of nitrogens with one attached hydrogen (secondary N) is 1. The Bertz CT molecular complexity index is 506. The van der Waals surface area contributed by atoms with E-state index < -0.39 is 22.8 Å². The maximum atomic E-state index is 10.9. The second kappa shape index (κ2) is 6.74. The fourth-order valence-corrected chi connectivity index (χ4v) is 2.36. The van der Waals surface area contributed by atoms with Crippen molar-refractivity contribution in [2.75, 3.05) is 5.75 Å². The Morgan fingerprint density at radius 2 is 2.11 bits per heavy atom. The summed E-state index contributed by atoms with van der Waals surface area (Å²) >= 11 is 1.02. The first-order chi connectivity index (χ1) is 8.91. The largest absolute Gasteiger partial charge is 0.480 e. The lowest BCUT2D eigenvalue weighted by Gasteiger charge is -2.12. The van der Waals surface area contributed by atoms with Gasteiger partial charge in [-0.15, -0.1) is 11.8 Å². The number of carbonyl (C=O) groups is 2. The molecule has 102 valence electrons. The molecule has 1 aromatic carbocycles. The molecule has 2 N–H and O–H groups in total. The Hall–Kier alpha value is -2.09. The van der Waals surface area contributed by atoms with Gasteiger partial charge in [0.2, 0.25) is 5.91 Å². The first kappa shape index (κ1) is 15.0. The third-order valence-corrected chi connectivity index (χ3v) is 3.30. The lowest BCUT2D eigenvalue weighted by molar-refractivity contribution is -0.387. The van der Waals surface area contributed by atoms with E-state index in [0.717, 1.165) is 11.8 Å². The summed E-state index contributed by atoms with van der Waals surface area (Å²) in [6, 6.07) is 4.96. The predicted octanol–water partition coefficient (Wildman–Crippen LogP) is 1.28. The number of nitro benzene ring substituents is 1. The van der Waals surface area contributed by atoms with Crippen LogP contribution in [0.25, 0.3) is 0 Å². The van der Waals surface area contributed by atoms with E-state index in [9.17, 15) is 19.7 Å². The number of thioether (sulfide) groups is 1. The zero-order valence-electron chi connectivity index (χ0n) is 10.0. The Balaban J connectivity index is 2.77. The van der Waals surface area contributed by atoms with Crippen molar-refractivity contribution in [3.05, 3.63) is 34.4 Å². The van der Waals surface area contributed by atoms with Crippen molar-refractivity contribution < 1.29 is 19.6 Å². The van der Waals surface area contributed by atoms with Crippen molar-refractivity contribution in [1.29, 1.82) is 0 Å². The number of carbonyl (C=O) groups excluding carboxylic acids is 1. The molecule has 0 aliphatic rings. The first-order valence-corrected chi connectivity index (χ1v) is 6.26. The van der Waals surface area contributed by atoms with Crippen molar-refractivity contribution in [1.82, 2.24) is 5.32 Å². The minimum atomic E-state index is -1.18. The summed E-state index contributed by atoms with van der Waals surface area (Å²) in [5, 5.41) is 22.0. The Morgan fingerprint density at radius 3 is 2.63 bits per heavy atom. The monoisotopic (exact) mass is 284 g/mol. The van der Waals surface area contributed by atoms with Crippen LogP contribution in [-0.4, -0.2) is 33.7 Å². The third kappa shape index (κ3) is 4.59. The van der Waals surface area contributed by atoms with Gasteiger partial charge in [0.05, 0.1) is 9.82 Å². The number of hydrogen-bond donors (Lipinski definition) is 2. The van der Waals surface area contributed by atoms with E-state index in [1.54, 1.807) is 6.07 Å². The third-order valence-electron chi connectivity index (χ3n) is 2.14. The van der Waals surface area contributed by atoms with Crippen LogP contribution in [-0.2, 0) is 9.59 Å². The maximum Gasteiger partial charge on any atom is 0.327 e. The first-order valence-electron chi connectivity index (χ1n) is 5.28. The SMILES string of the molecule is CC(=O)N[C@@H](CSc1ccccc1[N+](=O)[O-])C(=O)O. The van der Waals surface area contributed by atoms with Gasteiger partial charge in [-0.05, 0) is 6.07 Å². The van der Waals surface area contributed by atoms with E-state index in [1.807, 2.05) is 0 Å². The standard InChI is InChI=1S/C11H12N2O5S/c1-7(14)12-8(11(15)16)6-19-10-5-3-2-4-9(10)13(17)18/h2-5,8H,6H2,1H3,(H,12,14)(H,15,16)/t8-/m0/s1. The summed E-state index contributed by atoms with van der Waals surface area (Å²) in [5.41, 5.74) is -0.0838. The molecule has 0 aliphatic heterocycles. The highest BCUT2D eigenvalue weighted by atomic mass is 32.2. The number of para-hydroxylation sites is 1. The number of carboxylic acids is 1. The van der Waals surface area contributed by atoms with Crippen molar-refractivity contribution in [3.63, 3.8) is 0 Å². The van der Waals surface area contributed by atoms with Gasteiger partial charge in [0.25, 0.3) is 5.69 Å². The number of nitrogens with zero attached hydrogens (tertiary/aromatic N) is 1. The smallest absolute Gasteiger partial charge is 0.327 e. The molecule has 0 heterocycles. The van der Waals surface area contributed by atoms with Gasteiger partial charge in [0.1, 0.15) is 6.04 Å². The normalized spacial score (nSPS) is 11.6. The van der Waals surface area contributed by atoms with Crippen molar-refractivity contribution in [2.45, 2.75) is 17.9 Å². The molecule has 1 atom stereocenters. The Morgan fingerprint density at radius 1 is 1.47 bits per heavy atom. The molecule has 1 aromatic rings. The topological polar surface area (TPSA) is 110 Å². The molecule has 1 rings (SSSR count). The summed E-state index contributed by atoms with van der Waals surface area (Å²) in [6.45, 7) is 1.21. The Kier molecular flexibility index (Phi) is 5.31. The fourth-order valence-electron chi connectivity index (χ4n) is 1.32. The zero-order valence-corrected chi connectivity index (χ0v) is 10.8. The highest BCUT2D eigenvalue weighted by Gasteiger charge is 2.21. The molecule has 0 saturated carbocycles. The van der Waals surface area contributed by atoms with Gasteiger partial charge >= 0.3 is 5.97 Å². The minimum Gasteiger partial charge on any atom is -0.480 e. The summed E-state index contributed by atoms with van der Waals surface area (Å²) in [7, 11) is 0. The highest BCUT2D eigenvalue weighted by Crippen LogP contribution is 2.28. The maximum absolute atomic E-state index is 10.9. The van der Waals surface area contributed by atoms with Crippen molar-refractivity contribution in [3.8, 4) is 0 Å². The molecule has 0 fully saturated rings. The van der Waals surface area contributed by atoms with Crippen LogP contribution in [0.3, 0.4) is 0 Å². The molecular formula is C11H12N2O5S. The number of carboxylic acid groups (broad SMARTS) is 1. The van der Waals surface area contributed by atoms with E-state index in [2.05, 4.69) is 5.32 Å². The van der Waals surface area contributed by atoms with Crippen LogP contribution >= 0.6 is 11.8 Å². The molecule has 19 heavy (non-hydrogen) atoms. The van der Waals surface area contributed by atoms with Crippen LogP contribution in [0.1, 0.15) is 6.92 Å². The van der Waals surface area contributed by atoms with Crippen LogP contribution in [0.15, 0.2) is 29.2 Å². The second-order valence-electron chi connectivity index (χ2n) is 3.63. The van der Waals surface area contributed by atoms with Crippen LogP contribution in [0.4, 0.5) is 5.69 Å². The summed E-state index contributed by atoms with van der Waals surface area (Å²) in [6.07, 6.45) is 0. The molecule has 0 aromatic heterocycles. The molecule has 1 amide bonds. The number of hydrogen-bond acceptors (Lipinski definition) is 5. The van der Waals surface area contributed by atoms with Gasteiger partial charge in [0.15, 0.2) is 0 Å². The molecule has 0 saturated heterocycles. The quantitative estimate of drug-likeness (QED) is 0.462. The lowest BCUT2D eigenvalue weighted by Crippen LogP contribution is -2.41. The lowest BCUT2D eigenvalue weighted by atomic mass is 10.3. The van der Waals surface area contributed by atoms with E-state index in [1.165, 1.54) is 25.1 Å². The molecule has 8 heteroatoms. The molecule has 0 spiro atoms. The van der Waals surface area contributed by atoms with E-state index >= 15 is 0 Å². The van der Waals surface area contributed by atoms with Crippen LogP contribution in [0, 0.1) is 10.1 Å². The van der Waals surface area contributed by atoms with E-state index in [-0.39, 0.29) is 11.4 Å². The predicted molar refractivity (Wildman–Crippen MR) is 69.1 cm³/mol.